The number of carbonyl (C=O) groups is 2. The van der Waals surface area contributed by atoms with Crippen molar-refractivity contribution in [3.05, 3.63) is 28.3 Å². The molecule has 106 valence electrons. The summed E-state index contributed by atoms with van der Waals surface area (Å²) in [6, 6.07) is 1.74. The highest BCUT2D eigenvalue weighted by molar-refractivity contribution is 7.09. The second-order valence-corrected chi connectivity index (χ2v) is 5.20. The third-order valence-electron chi connectivity index (χ3n) is 2.68. The van der Waals surface area contributed by atoms with E-state index in [0.29, 0.717) is 5.69 Å². The Labute approximate surface area is 120 Å². The fourth-order valence-electron chi connectivity index (χ4n) is 1.64. The van der Waals surface area contributed by atoms with Gasteiger partial charge in [0.05, 0.1) is 24.2 Å². The van der Waals surface area contributed by atoms with Gasteiger partial charge in [-0.2, -0.15) is 0 Å². The van der Waals surface area contributed by atoms with Crippen molar-refractivity contribution in [1.82, 2.24) is 15.3 Å². The van der Waals surface area contributed by atoms with E-state index in [2.05, 4.69) is 20.0 Å². The summed E-state index contributed by atoms with van der Waals surface area (Å²) in [5.41, 5.74) is 2.15. The Balaban J connectivity index is 1.95. The number of amides is 1. The van der Waals surface area contributed by atoms with Gasteiger partial charge in [-0.15, -0.1) is 11.3 Å². The summed E-state index contributed by atoms with van der Waals surface area (Å²) in [5.74, 6) is -0.609. The number of hydrogen-bond donors (Lipinski definition) is 2. The molecular weight excluding hydrogens is 278 g/mol. The molecule has 2 aromatic heterocycles. The lowest BCUT2D eigenvalue weighted by Crippen LogP contribution is -2.26. The predicted octanol–water partition coefficient (Wildman–Crippen LogP) is 1.74. The standard InChI is InChI=1S/C13H15N3O3S/c1-8-16-11(7-20-8)9-5-10(15-6-9)13(18)14-4-3-12(17)19-2/h5-7,15H,3-4H2,1-2H3,(H,14,18). The zero-order valence-corrected chi connectivity index (χ0v) is 12.0. The minimum absolute atomic E-state index is 0.154. The highest BCUT2D eigenvalue weighted by atomic mass is 32.1. The van der Waals surface area contributed by atoms with Gasteiger partial charge in [0.2, 0.25) is 0 Å². The monoisotopic (exact) mass is 293 g/mol. The number of aromatic nitrogens is 2. The fourth-order valence-corrected chi connectivity index (χ4v) is 2.27. The Morgan fingerprint density at radius 3 is 2.95 bits per heavy atom. The van der Waals surface area contributed by atoms with Gasteiger partial charge >= 0.3 is 5.97 Å². The number of nitrogens with one attached hydrogen (secondary N) is 2. The molecular formula is C13H15N3O3S. The number of thiazole rings is 1. The van der Waals surface area contributed by atoms with Crippen molar-refractivity contribution >= 4 is 23.2 Å². The van der Waals surface area contributed by atoms with Crippen LogP contribution in [-0.2, 0) is 9.53 Å². The first-order chi connectivity index (χ1) is 9.60. The van der Waals surface area contributed by atoms with Gasteiger partial charge in [-0.25, -0.2) is 4.98 Å². The van der Waals surface area contributed by atoms with Crippen LogP contribution in [0.5, 0.6) is 0 Å². The lowest BCUT2D eigenvalue weighted by atomic mass is 10.2. The molecule has 0 unspecified atom stereocenters. The molecule has 0 atom stereocenters. The third-order valence-corrected chi connectivity index (χ3v) is 3.46. The van der Waals surface area contributed by atoms with Crippen molar-refractivity contribution in [1.29, 1.82) is 0 Å². The summed E-state index contributed by atoms with van der Waals surface area (Å²) in [7, 11) is 1.32. The van der Waals surface area contributed by atoms with Crippen LogP contribution in [0.1, 0.15) is 21.9 Å². The van der Waals surface area contributed by atoms with E-state index < -0.39 is 0 Å². The molecule has 6 nitrogen and oxygen atoms in total. The molecule has 2 aromatic rings. The van der Waals surface area contributed by atoms with Crippen molar-refractivity contribution in [2.45, 2.75) is 13.3 Å². The van der Waals surface area contributed by atoms with Gasteiger partial charge in [-0.3, -0.25) is 9.59 Å². The lowest BCUT2D eigenvalue weighted by Gasteiger charge is -2.02. The molecule has 0 aliphatic heterocycles. The summed E-state index contributed by atoms with van der Waals surface area (Å²) >= 11 is 1.56. The topological polar surface area (TPSA) is 84.1 Å². The van der Waals surface area contributed by atoms with Gasteiger partial charge in [0.25, 0.3) is 5.91 Å². The Morgan fingerprint density at radius 1 is 1.50 bits per heavy atom. The van der Waals surface area contributed by atoms with Crippen molar-refractivity contribution < 1.29 is 14.3 Å². The molecule has 0 aromatic carbocycles. The van der Waals surface area contributed by atoms with Crippen LogP contribution >= 0.6 is 11.3 Å². The smallest absolute Gasteiger partial charge is 0.307 e. The van der Waals surface area contributed by atoms with Crippen molar-refractivity contribution in [2.24, 2.45) is 0 Å². The van der Waals surface area contributed by atoms with Crippen LogP contribution in [0.15, 0.2) is 17.6 Å². The molecule has 0 saturated heterocycles. The van der Waals surface area contributed by atoms with Gasteiger partial charge in [0.1, 0.15) is 5.69 Å². The second kappa shape index (κ2) is 6.33. The zero-order chi connectivity index (χ0) is 14.5. The molecule has 2 heterocycles. The van der Waals surface area contributed by atoms with E-state index in [1.165, 1.54) is 7.11 Å². The minimum Gasteiger partial charge on any atom is -0.469 e. The lowest BCUT2D eigenvalue weighted by molar-refractivity contribution is -0.140. The first kappa shape index (κ1) is 14.3. The summed E-state index contributed by atoms with van der Waals surface area (Å²) < 4.78 is 4.50. The molecule has 0 aliphatic carbocycles. The van der Waals surface area contributed by atoms with Gasteiger partial charge in [-0.1, -0.05) is 0 Å². The van der Waals surface area contributed by atoms with E-state index in [1.54, 1.807) is 23.6 Å². The maximum Gasteiger partial charge on any atom is 0.307 e. The van der Waals surface area contributed by atoms with Crippen molar-refractivity contribution in [2.75, 3.05) is 13.7 Å². The van der Waals surface area contributed by atoms with Crippen LogP contribution in [0.2, 0.25) is 0 Å². The molecule has 7 heteroatoms. The molecule has 1 amide bonds. The van der Waals surface area contributed by atoms with E-state index in [0.717, 1.165) is 16.3 Å². The largest absolute Gasteiger partial charge is 0.469 e. The molecule has 0 aliphatic rings. The number of carbonyl (C=O) groups excluding carboxylic acids is 2. The first-order valence-corrected chi connectivity index (χ1v) is 6.94. The predicted molar refractivity (Wildman–Crippen MR) is 75.6 cm³/mol. The van der Waals surface area contributed by atoms with Crippen LogP contribution in [0.3, 0.4) is 0 Å². The molecule has 20 heavy (non-hydrogen) atoms. The minimum atomic E-state index is -0.351. The maximum atomic E-state index is 11.9. The SMILES string of the molecule is COC(=O)CCNC(=O)c1cc(-c2csc(C)n2)c[nH]1. The molecule has 2 N–H and O–H groups in total. The summed E-state index contributed by atoms with van der Waals surface area (Å²) in [6.45, 7) is 2.18. The number of nitrogens with zero attached hydrogens (tertiary/aromatic N) is 1. The number of rotatable bonds is 5. The van der Waals surface area contributed by atoms with E-state index in [-0.39, 0.29) is 24.8 Å². The number of aromatic amines is 1. The number of hydrogen-bond acceptors (Lipinski definition) is 5. The number of aryl methyl sites for hydroxylation is 1. The fraction of sp³-hybridized carbons (Fsp3) is 0.308. The zero-order valence-electron chi connectivity index (χ0n) is 11.2. The van der Waals surface area contributed by atoms with Crippen LogP contribution in [0, 0.1) is 6.92 Å². The highest BCUT2D eigenvalue weighted by Gasteiger charge is 2.11. The van der Waals surface area contributed by atoms with E-state index in [9.17, 15) is 9.59 Å². The summed E-state index contributed by atoms with van der Waals surface area (Å²) in [4.78, 5) is 30.0. The Morgan fingerprint density at radius 2 is 2.30 bits per heavy atom. The van der Waals surface area contributed by atoms with E-state index in [4.69, 9.17) is 0 Å². The average molecular weight is 293 g/mol. The van der Waals surface area contributed by atoms with Crippen molar-refractivity contribution in [3.8, 4) is 11.3 Å². The van der Waals surface area contributed by atoms with Crippen molar-refractivity contribution in [3.63, 3.8) is 0 Å². The first-order valence-electron chi connectivity index (χ1n) is 6.06. The Hall–Kier alpha value is -2.15. The highest BCUT2D eigenvalue weighted by Crippen LogP contribution is 2.22. The molecule has 0 spiro atoms. The normalized spacial score (nSPS) is 10.3. The quantitative estimate of drug-likeness (QED) is 0.822. The van der Waals surface area contributed by atoms with Gasteiger partial charge in [0, 0.05) is 23.7 Å². The molecule has 0 bridgehead atoms. The average Bonchev–Trinajstić information content (AvgIpc) is 3.06. The number of ether oxygens (including phenoxy) is 1. The molecule has 0 radical (unpaired) electrons. The summed E-state index contributed by atoms with van der Waals surface area (Å²) in [6.07, 6.45) is 1.89. The van der Waals surface area contributed by atoms with Crippen LogP contribution in [-0.4, -0.2) is 35.5 Å². The van der Waals surface area contributed by atoms with Gasteiger partial charge in [0.15, 0.2) is 0 Å². The van der Waals surface area contributed by atoms with Gasteiger partial charge in [-0.05, 0) is 13.0 Å². The van der Waals surface area contributed by atoms with Crippen LogP contribution in [0.4, 0.5) is 0 Å². The van der Waals surface area contributed by atoms with E-state index in [1.807, 2.05) is 12.3 Å². The second-order valence-electron chi connectivity index (χ2n) is 4.14. The van der Waals surface area contributed by atoms with Gasteiger partial charge < -0.3 is 15.0 Å². The van der Waals surface area contributed by atoms with Crippen LogP contribution in [0.25, 0.3) is 11.3 Å². The van der Waals surface area contributed by atoms with Crippen LogP contribution < -0.4 is 5.32 Å². The molecule has 0 saturated carbocycles. The number of methoxy groups -OCH3 is 1. The van der Waals surface area contributed by atoms with E-state index >= 15 is 0 Å². The molecule has 2 rings (SSSR count). The Bertz CT molecular complexity index is 618. The summed E-state index contributed by atoms with van der Waals surface area (Å²) in [5, 5.41) is 5.56. The number of esters is 1. The Kier molecular flexibility index (Phi) is 4.52. The number of H-pyrrole nitrogens is 1. The maximum absolute atomic E-state index is 11.9. The molecule has 0 fully saturated rings. The third kappa shape index (κ3) is 3.45.